The van der Waals surface area contributed by atoms with E-state index >= 15 is 0 Å². The minimum atomic E-state index is -4.73. The standard InChI is InChI=1S/C21H14F3N3O5S/c1-2-9-26-19(29)14(18(28)25-20(26)33)11-12-10-13(27(30)31)7-8-16(12)32-17-6-4-3-5-15(17)21(22,23)24/h2-8,10-11H,1,9H2,(H,25,28,33)/b14-11+. The van der Waals surface area contributed by atoms with Gasteiger partial charge in [-0.3, -0.25) is 29.9 Å². The summed E-state index contributed by atoms with van der Waals surface area (Å²) in [6, 6.07) is 7.46. The van der Waals surface area contributed by atoms with Gasteiger partial charge in [-0.15, -0.1) is 6.58 Å². The highest BCUT2D eigenvalue weighted by molar-refractivity contribution is 7.80. The summed E-state index contributed by atoms with van der Waals surface area (Å²) in [6.07, 6.45) is -2.36. The largest absolute Gasteiger partial charge is 0.456 e. The van der Waals surface area contributed by atoms with Gasteiger partial charge in [0.2, 0.25) is 0 Å². The zero-order valence-corrected chi connectivity index (χ0v) is 17.4. The number of alkyl halides is 3. The van der Waals surface area contributed by atoms with Crippen LogP contribution < -0.4 is 10.1 Å². The van der Waals surface area contributed by atoms with E-state index in [2.05, 4.69) is 11.9 Å². The molecule has 1 aliphatic rings. The van der Waals surface area contributed by atoms with Gasteiger partial charge in [0.25, 0.3) is 17.5 Å². The van der Waals surface area contributed by atoms with Crippen LogP contribution in [0.5, 0.6) is 11.5 Å². The summed E-state index contributed by atoms with van der Waals surface area (Å²) in [5.74, 6) is -2.49. The Hall–Kier alpha value is -4.06. The number of nitro groups is 1. The Labute approximate surface area is 190 Å². The van der Waals surface area contributed by atoms with Crippen LogP contribution in [0.25, 0.3) is 6.08 Å². The van der Waals surface area contributed by atoms with Crippen LogP contribution in [-0.4, -0.2) is 33.3 Å². The molecule has 0 bridgehead atoms. The van der Waals surface area contributed by atoms with E-state index in [1.54, 1.807) is 0 Å². The lowest BCUT2D eigenvalue weighted by Gasteiger charge is -2.27. The van der Waals surface area contributed by atoms with Crippen LogP contribution >= 0.6 is 12.2 Å². The van der Waals surface area contributed by atoms with E-state index in [1.807, 2.05) is 0 Å². The van der Waals surface area contributed by atoms with Crippen molar-refractivity contribution in [2.45, 2.75) is 6.18 Å². The number of hydrogen-bond donors (Lipinski definition) is 1. The molecule has 0 aromatic heterocycles. The third-order valence-electron chi connectivity index (χ3n) is 4.41. The van der Waals surface area contributed by atoms with Crippen molar-refractivity contribution >= 4 is 40.9 Å². The number of hydrogen-bond acceptors (Lipinski definition) is 6. The number of para-hydroxylation sites is 1. The Morgan fingerprint density at radius 2 is 1.88 bits per heavy atom. The highest BCUT2D eigenvalue weighted by atomic mass is 32.1. The van der Waals surface area contributed by atoms with Crippen molar-refractivity contribution < 1.29 is 32.4 Å². The monoisotopic (exact) mass is 477 g/mol. The molecule has 2 aromatic carbocycles. The maximum absolute atomic E-state index is 13.3. The predicted molar refractivity (Wildman–Crippen MR) is 115 cm³/mol. The van der Waals surface area contributed by atoms with Gasteiger partial charge in [0.1, 0.15) is 17.1 Å². The van der Waals surface area contributed by atoms with Crippen LogP contribution in [0, 0.1) is 10.1 Å². The van der Waals surface area contributed by atoms with Crippen LogP contribution in [0.3, 0.4) is 0 Å². The highest BCUT2D eigenvalue weighted by Crippen LogP contribution is 2.39. The first-order valence-electron chi connectivity index (χ1n) is 9.15. The number of nitro benzene ring substituents is 1. The van der Waals surface area contributed by atoms with Gasteiger partial charge in [-0.2, -0.15) is 13.2 Å². The average Bonchev–Trinajstić information content (AvgIpc) is 2.74. The lowest BCUT2D eigenvalue weighted by Crippen LogP contribution is -2.53. The van der Waals surface area contributed by atoms with Crippen molar-refractivity contribution in [1.82, 2.24) is 10.2 Å². The van der Waals surface area contributed by atoms with E-state index < -0.39 is 45.5 Å². The molecule has 1 saturated heterocycles. The molecule has 1 fully saturated rings. The molecule has 1 N–H and O–H groups in total. The van der Waals surface area contributed by atoms with Gasteiger partial charge in [-0.1, -0.05) is 18.2 Å². The number of carbonyl (C=O) groups excluding carboxylic acids is 2. The number of non-ortho nitro benzene ring substituents is 1. The first-order valence-corrected chi connectivity index (χ1v) is 9.56. The molecule has 2 aromatic rings. The molecular formula is C21H14F3N3O5S. The molecule has 0 atom stereocenters. The van der Waals surface area contributed by atoms with E-state index in [0.29, 0.717) is 0 Å². The first-order chi connectivity index (χ1) is 15.5. The van der Waals surface area contributed by atoms with Crippen molar-refractivity contribution in [1.29, 1.82) is 0 Å². The average molecular weight is 477 g/mol. The van der Waals surface area contributed by atoms with Gasteiger partial charge in [0.05, 0.1) is 10.5 Å². The quantitative estimate of drug-likeness (QED) is 0.167. The van der Waals surface area contributed by atoms with Gasteiger partial charge in [0, 0.05) is 24.2 Å². The van der Waals surface area contributed by atoms with Crippen LogP contribution in [0.2, 0.25) is 0 Å². The Bertz CT molecular complexity index is 1210. The van der Waals surface area contributed by atoms with Crippen LogP contribution in [0.15, 0.2) is 60.7 Å². The molecule has 2 amide bonds. The lowest BCUT2D eigenvalue weighted by atomic mass is 10.1. The maximum Gasteiger partial charge on any atom is 0.419 e. The van der Waals surface area contributed by atoms with E-state index in [0.717, 1.165) is 41.3 Å². The Morgan fingerprint density at radius 1 is 1.18 bits per heavy atom. The molecule has 12 heteroatoms. The number of halogens is 3. The summed E-state index contributed by atoms with van der Waals surface area (Å²) in [4.78, 5) is 36.6. The minimum absolute atomic E-state index is 0.0213. The van der Waals surface area contributed by atoms with Crippen molar-refractivity contribution in [3.8, 4) is 11.5 Å². The number of carbonyl (C=O) groups is 2. The smallest absolute Gasteiger partial charge is 0.419 e. The summed E-state index contributed by atoms with van der Waals surface area (Å²) >= 11 is 4.96. The molecule has 33 heavy (non-hydrogen) atoms. The second kappa shape index (κ2) is 9.20. The number of benzene rings is 2. The Kier molecular flexibility index (Phi) is 6.58. The van der Waals surface area contributed by atoms with Gasteiger partial charge in [-0.05, 0) is 36.5 Å². The number of thiocarbonyl (C=S) groups is 1. The predicted octanol–water partition coefficient (Wildman–Crippen LogP) is 4.22. The van der Waals surface area contributed by atoms with E-state index in [-0.39, 0.29) is 23.0 Å². The molecule has 1 heterocycles. The molecule has 0 radical (unpaired) electrons. The van der Waals surface area contributed by atoms with Gasteiger partial charge in [0.15, 0.2) is 5.11 Å². The first kappa shape index (κ1) is 23.6. The third-order valence-corrected chi connectivity index (χ3v) is 4.74. The molecule has 3 rings (SSSR count). The van der Waals surface area contributed by atoms with Crippen molar-refractivity contribution in [2.75, 3.05) is 6.54 Å². The number of amides is 2. The summed E-state index contributed by atoms with van der Waals surface area (Å²) in [5, 5.41) is 13.4. The summed E-state index contributed by atoms with van der Waals surface area (Å²) < 4.78 is 45.5. The second-order valence-electron chi connectivity index (χ2n) is 6.60. The third kappa shape index (κ3) is 5.06. The zero-order chi connectivity index (χ0) is 24.3. The summed E-state index contributed by atoms with van der Waals surface area (Å²) in [7, 11) is 0. The number of nitrogens with zero attached hydrogens (tertiary/aromatic N) is 2. The molecule has 0 unspecified atom stereocenters. The van der Waals surface area contributed by atoms with Gasteiger partial charge >= 0.3 is 6.18 Å². The summed E-state index contributed by atoms with van der Waals surface area (Å²) in [5.41, 5.74) is -2.11. The number of nitrogens with one attached hydrogen (secondary N) is 1. The summed E-state index contributed by atoms with van der Waals surface area (Å²) in [6.45, 7) is 3.48. The SMILES string of the molecule is C=CCN1C(=O)/C(=C/c2cc([N+](=O)[O-])ccc2Oc2ccccc2C(F)(F)F)C(=O)NC1=S. The molecule has 1 aliphatic heterocycles. The molecule has 0 saturated carbocycles. The molecule has 8 nitrogen and oxygen atoms in total. The van der Waals surface area contributed by atoms with E-state index in [9.17, 15) is 32.9 Å². The van der Waals surface area contributed by atoms with Crippen molar-refractivity contribution in [2.24, 2.45) is 0 Å². The maximum atomic E-state index is 13.3. The Morgan fingerprint density at radius 3 is 2.52 bits per heavy atom. The molecule has 170 valence electrons. The number of ether oxygens (including phenoxy) is 1. The van der Waals surface area contributed by atoms with Crippen LogP contribution in [0.4, 0.5) is 18.9 Å². The topological polar surface area (TPSA) is 102 Å². The molecular weight excluding hydrogens is 463 g/mol. The number of rotatable bonds is 6. The van der Waals surface area contributed by atoms with Crippen LogP contribution in [-0.2, 0) is 15.8 Å². The normalized spacial score (nSPS) is 15.4. The van der Waals surface area contributed by atoms with Crippen molar-refractivity contribution in [3.63, 3.8) is 0 Å². The fraction of sp³-hybridized carbons (Fsp3) is 0.0952. The fourth-order valence-corrected chi connectivity index (χ4v) is 3.16. The Balaban J connectivity index is 2.12. The second-order valence-corrected chi connectivity index (χ2v) is 6.98. The molecule has 0 aliphatic carbocycles. The van der Waals surface area contributed by atoms with Crippen molar-refractivity contribution in [3.05, 3.63) is 81.9 Å². The zero-order valence-electron chi connectivity index (χ0n) is 16.6. The molecule has 0 spiro atoms. The minimum Gasteiger partial charge on any atom is -0.456 e. The van der Waals surface area contributed by atoms with Crippen LogP contribution in [0.1, 0.15) is 11.1 Å². The van der Waals surface area contributed by atoms with E-state index in [4.69, 9.17) is 17.0 Å². The highest BCUT2D eigenvalue weighted by Gasteiger charge is 2.35. The van der Waals surface area contributed by atoms with Gasteiger partial charge in [-0.25, -0.2) is 0 Å². The lowest BCUT2D eigenvalue weighted by molar-refractivity contribution is -0.384. The van der Waals surface area contributed by atoms with Gasteiger partial charge < -0.3 is 4.74 Å². The fourth-order valence-electron chi connectivity index (χ4n) is 2.91. The van der Waals surface area contributed by atoms with E-state index in [1.165, 1.54) is 18.2 Å².